The smallest absolute Gasteiger partial charge is 0.393 e. The highest BCUT2D eigenvalue weighted by atomic mass is 19.4. The van der Waals surface area contributed by atoms with Crippen molar-refractivity contribution in [3.05, 3.63) is 30.0 Å². The van der Waals surface area contributed by atoms with E-state index in [4.69, 9.17) is 5.11 Å². The van der Waals surface area contributed by atoms with Gasteiger partial charge >= 0.3 is 12.1 Å². The van der Waals surface area contributed by atoms with Crippen LogP contribution in [0.25, 0.3) is 6.08 Å². The minimum absolute atomic E-state index is 0.0825. The number of rotatable bonds is 3. The van der Waals surface area contributed by atoms with Crippen molar-refractivity contribution in [1.29, 1.82) is 0 Å². The molecule has 1 aliphatic heterocycles. The molecule has 1 aromatic heterocycles. The molecule has 7 heteroatoms. The number of hydrogen-bond acceptors (Lipinski definition) is 3. The first kappa shape index (κ1) is 15.3. The summed E-state index contributed by atoms with van der Waals surface area (Å²) in [6, 6.07) is 3.25. The standard InChI is InChI=1S/C14H15F3N2O2/c15-14(16,17)11-2-1-7-19(9-11)12-5-3-10(8-18-12)4-6-13(20)21/h3-6,8,11H,1-2,7,9H2,(H,20,21)/b6-4+. The van der Waals surface area contributed by atoms with E-state index in [1.165, 1.54) is 12.3 Å². The zero-order valence-corrected chi connectivity index (χ0v) is 11.2. The lowest BCUT2D eigenvalue weighted by molar-refractivity contribution is -0.176. The Hall–Kier alpha value is -2.05. The maximum absolute atomic E-state index is 12.8. The molecule has 1 atom stereocenters. The monoisotopic (exact) mass is 300 g/mol. The van der Waals surface area contributed by atoms with Crippen LogP contribution in [0, 0.1) is 5.92 Å². The van der Waals surface area contributed by atoms with Gasteiger partial charge in [0.2, 0.25) is 0 Å². The molecule has 114 valence electrons. The molecule has 1 unspecified atom stereocenters. The van der Waals surface area contributed by atoms with Crippen LogP contribution in [0.5, 0.6) is 0 Å². The highest BCUT2D eigenvalue weighted by Crippen LogP contribution is 2.34. The zero-order valence-electron chi connectivity index (χ0n) is 11.2. The van der Waals surface area contributed by atoms with Crippen molar-refractivity contribution in [2.24, 2.45) is 5.92 Å². The van der Waals surface area contributed by atoms with Crippen molar-refractivity contribution < 1.29 is 23.1 Å². The number of carboxylic acids is 1. The van der Waals surface area contributed by atoms with Gasteiger partial charge in [-0.15, -0.1) is 0 Å². The number of halogens is 3. The van der Waals surface area contributed by atoms with Gasteiger partial charge in [0.15, 0.2) is 0 Å². The lowest BCUT2D eigenvalue weighted by atomic mass is 9.97. The number of aliphatic carboxylic acids is 1. The summed E-state index contributed by atoms with van der Waals surface area (Å²) in [5, 5.41) is 8.52. The van der Waals surface area contributed by atoms with Crippen LogP contribution < -0.4 is 4.90 Å². The SMILES string of the molecule is O=C(O)/C=C/c1ccc(N2CCCC(C(F)(F)F)C2)nc1. The van der Waals surface area contributed by atoms with Gasteiger partial charge in [0.25, 0.3) is 0 Å². The number of anilines is 1. The Morgan fingerprint density at radius 1 is 1.43 bits per heavy atom. The Morgan fingerprint density at radius 2 is 2.19 bits per heavy atom. The van der Waals surface area contributed by atoms with E-state index < -0.39 is 18.1 Å². The highest BCUT2D eigenvalue weighted by molar-refractivity contribution is 5.85. The van der Waals surface area contributed by atoms with Crippen molar-refractivity contribution in [2.45, 2.75) is 19.0 Å². The summed E-state index contributed by atoms with van der Waals surface area (Å²) in [4.78, 5) is 16.1. The van der Waals surface area contributed by atoms with Gasteiger partial charge in [0.05, 0.1) is 5.92 Å². The zero-order chi connectivity index (χ0) is 15.5. The Labute approximate surface area is 119 Å². The van der Waals surface area contributed by atoms with Crippen molar-refractivity contribution in [1.82, 2.24) is 4.98 Å². The van der Waals surface area contributed by atoms with E-state index in [0.717, 1.165) is 6.08 Å². The third-order valence-electron chi connectivity index (χ3n) is 3.40. The minimum atomic E-state index is -4.18. The van der Waals surface area contributed by atoms with Gasteiger partial charge in [-0.25, -0.2) is 9.78 Å². The molecule has 1 saturated heterocycles. The van der Waals surface area contributed by atoms with Crippen LogP contribution in [0.15, 0.2) is 24.4 Å². The normalized spacial score (nSPS) is 20.0. The third kappa shape index (κ3) is 4.21. The molecule has 1 N–H and O–H groups in total. The Bertz CT molecular complexity index is 526. The van der Waals surface area contributed by atoms with Crippen LogP contribution >= 0.6 is 0 Å². The first-order valence-corrected chi connectivity index (χ1v) is 6.55. The van der Waals surface area contributed by atoms with Crippen molar-refractivity contribution in [3.63, 3.8) is 0 Å². The number of carboxylic acid groups (broad SMARTS) is 1. The number of piperidine rings is 1. The molecule has 0 aromatic carbocycles. The molecule has 1 aromatic rings. The van der Waals surface area contributed by atoms with Crippen LogP contribution in [0.2, 0.25) is 0 Å². The molecular weight excluding hydrogens is 285 g/mol. The average molecular weight is 300 g/mol. The third-order valence-corrected chi connectivity index (χ3v) is 3.40. The topological polar surface area (TPSA) is 53.4 Å². The summed E-state index contributed by atoms with van der Waals surface area (Å²) in [5.41, 5.74) is 0.588. The fraction of sp³-hybridized carbons (Fsp3) is 0.429. The second kappa shape index (κ2) is 6.15. The summed E-state index contributed by atoms with van der Waals surface area (Å²) in [7, 11) is 0. The van der Waals surface area contributed by atoms with Crippen LogP contribution in [0.4, 0.5) is 19.0 Å². The molecule has 21 heavy (non-hydrogen) atoms. The Balaban J connectivity index is 2.06. The Kier molecular flexibility index (Phi) is 4.50. The van der Waals surface area contributed by atoms with Crippen LogP contribution in [-0.2, 0) is 4.79 Å². The summed E-state index contributed by atoms with van der Waals surface area (Å²) in [5.74, 6) is -1.90. The Morgan fingerprint density at radius 3 is 2.76 bits per heavy atom. The quantitative estimate of drug-likeness (QED) is 0.872. The average Bonchev–Trinajstić information content (AvgIpc) is 2.45. The molecule has 2 heterocycles. The fourth-order valence-electron chi connectivity index (χ4n) is 2.30. The van der Waals surface area contributed by atoms with Gasteiger partial charge < -0.3 is 10.0 Å². The predicted molar refractivity (Wildman–Crippen MR) is 71.9 cm³/mol. The lowest BCUT2D eigenvalue weighted by Gasteiger charge is -2.34. The number of aromatic nitrogens is 1. The van der Waals surface area contributed by atoms with Crippen LogP contribution in [-0.4, -0.2) is 35.3 Å². The number of carbonyl (C=O) groups is 1. The van der Waals surface area contributed by atoms with Gasteiger partial charge in [0, 0.05) is 25.4 Å². The lowest BCUT2D eigenvalue weighted by Crippen LogP contribution is -2.42. The summed E-state index contributed by atoms with van der Waals surface area (Å²) >= 11 is 0. The molecule has 0 radical (unpaired) electrons. The molecule has 0 aliphatic carbocycles. The first-order chi connectivity index (χ1) is 9.86. The number of hydrogen-bond donors (Lipinski definition) is 1. The molecular formula is C14H15F3N2O2. The minimum Gasteiger partial charge on any atom is -0.478 e. The van der Waals surface area contributed by atoms with Gasteiger partial charge in [-0.2, -0.15) is 13.2 Å². The van der Waals surface area contributed by atoms with E-state index in [1.54, 1.807) is 17.0 Å². The van der Waals surface area contributed by atoms with E-state index in [0.29, 0.717) is 24.3 Å². The van der Waals surface area contributed by atoms with E-state index in [9.17, 15) is 18.0 Å². The van der Waals surface area contributed by atoms with Gasteiger partial charge in [-0.05, 0) is 36.6 Å². The number of alkyl halides is 3. The molecule has 1 aliphatic rings. The molecule has 1 fully saturated rings. The van der Waals surface area contributed by atoms with Crippen molar-refractivity contribution >= 4 is 17.9 Å². The number of nitrogens with zero attached hydrogens (tertiary/aromatic N) is 2. The molecule has 4 nitrogen and oxygen atoms in total. The van der Waals surface area contributed by atoms with Gasteiger partial charge in [0.1, 0.15) is 5.82 Å². The molecule has 0 spiro atoms. The van der Waals surface area contributed by atoms with Crippen molar-refractivity contribution in [3.8, 4) is 0 Å². The van der Waals surface area contributed by atoms with E-state index >= 15 is 0 Å². The molecule has 0 amide bonds. The van der Waals surface area contributed by atoms with Crippen molar-refractivity contribution in [2.75, 3.05) is 18.0 Å². The summed E-state index contributed by atoms with van der Waals surface area (Å²) in [6.07, 6.45) is 0.270. The maximum Gasteiger partial charge on any atom is 0.393 e. The first-order valence-electron chi connectivity index (χ1n) is 6.55. The summed E-state index contributed by atoms with van der Waals surface area (Å²) in [6.45, 7) is 0.463. The van der Waals surface area contributed by atoms with Crippen LogP contribution in [0.1, 0.15) is 18.4 Å². The van der Waals surface area contributed by atoms with E-state index in [-0.39, 0.29) is 13.0 Å². The predicted octanol–water partition coefficient (Wildman–Crippen LogP) is 2.96. The van der Waals surface area contributed by atoms with Gasteiger partial charge in [-0.1, -0.05) is 0 Å². The molecule has 0 saturated carbocycles. The summed E-state index contributed by atoms with van der Waals surface area (Å²) < 4.78 is 38.3. The largest absolute Gasteiger partial charge is 0.478 e. The molecule has 2 rings (SSSR count). The van der Waals surface area contributed by atoms with Crippen LogP contribution in [0.3, 0.4) is 0 Å². The maximum atomic E-state index is 12.8. The number of pyridine rings is 1. The highest BCUT2D eigenvalue weighted by Gasteiger charge is 2.41. The molecule has 0 bridgehead atoms. The second-order valence-electron chi connectivity index (χ2n) is 4.95. The van der Waals surface area contributed by atoms with Gasteiger partial charge in [-0.3, -0.25) is 0 Å². The van der Waals surface area contributed by atoms with E-state index in [1.807, 2.05) is 0 Å². The van der Waals surface area contributed by atoms with E-state index in [2.05, 4.69) is 4.98 Å². The fourth-order valence-corrected chi connectivity index (χ4v) is 2.30. The second-order valence-corrected chi connectivity index (χ2v) is 4.95.